The van der Waals surface area contributed by atoms with Gasteiger partial charge < -0.3 is 19.5 Å². The summed E-state index contributed by atoms with van der Waals surface area (Å²) in [6, 6.07) is 5.60. The van der Waals surface area contributed by atoms with Gasteiger partial charge in [-0.05, 0) is 26.0 Å². The number of methoxy groups -OCH3 is 1. The number of nitrogens with one attached hydrogen (secondary N) is 1. The Morgan fingerprint density at radius 3 is 2.21 bits per heavy atom. The van der Waals surface area contributed by atoms with E-state index in [4.69, 9.17) is 14.2 Å². The van der Waals surface area contributed by atoms with E-state index in [1.807, 2.05) is 0 Å². The summed E-state index contributed by atoms with van der Waals surface area (Å²) in [6.07, 6.45) is 2.71. The van der Waals surface area contributed by atoms with Gasteiger partial charge in [0.15, 0.2) is 0 Å². The molecule has 0 fully saturated rings. The van der Waals surface area contributed by atoms with Crippen LogP contribution in [-0.2, 0) is 23.9 Å². The lowest BCUT2D eigenvalue weighted by Gasteiger charge is -2.14. The summed E-state index contributed by atoms with van der Waals surface area (Å²) in [7, 11) is 1.52. The first-order valence-corrected chi connectivity index (χ1v) is 7.48. The van der Waals surface area contributed by atoms with Gasteiger partial charge in [-0.2, -0.15) is 0 Å². The minimum Gasteiger partial charge on any atom is -0.496 e. The number of carbonyl (C=O) groups is 3. The van der Waals surface area contributed by atoms with Crippen molar-refractivity contribution in [3.05, 3.63) is 35.9 Å². The van der Waals surface area contributed by atoms with Crippen LogP contribution in [0.3, 0.4) is 0 Å². The molecule has 0 heterocycles. The molecule has 0 aliphatic rings. The Balaban J connectivity index is 2.82. The Morgan fingerprint density at radius 2 is 1.67 bits per heavy atom. The molecule has 0 saturated carbocycles. The van der Waals surface area contributed by atoms with Gasteiger partial charge in [-0.1, -0.05) is 18.2 Å². The van der Waals surface area contributed by atoms with Gasteiger partial charge in [-0.15, -0.1) is 0 Å². The molecule has 0 atom stereocenters. The van der Waals surface area contributed by atoms with Crippen molar-refractivity contribution >= 4 is 23.9 Å². The Bertz CT molecular complexity index is 593. The van der Waals surface area contributed by atoms with Crippen LogP contribution in [0, 0.1) is 0 Å². The molecule has 0 unspecified atom stereocenters. The first-order chi connectivity index (χ1) is 11.5. The number of ether oxygens (including phenoxy) is 3. The second-order valence-corrected chi connectivity index (χ2v) is 4.52. The lowest BCUT2D eigenvalue weighted by atomic mass is 10.2. The molecule has 1 rings (SSSR count). The molecule has 1 amide bonds. The first kappa shape index (κ1) is 19.2. The fraction of sp³-hybridized carbons (Fsp3) is 0.353. The van der Waals surface area contributed by atoms with E-state index in [2.05, 4.69) is 5.32 Å². The van der Waals surface area contributed by atoms with Gasteiger partial charge in [0.05, 0.1) is 20.3 Å². The molecule has 0 bridgehead atoms. The van der Waals surface area contributed by atoms with Crippen LogP contribution in [0.2, 0.25) is 0 Å². The monoisotopic (exact) mass is 335 g/mol. The number of hydrogen-bond donors (Lipinski definition) is 1. The molecule has 0 aliphatic heterocycles. The largest absolute Gasteiger partial charge is 0.496 e. The maximum Gasteiger partial charge on any atom is 0.340 e. The smallest absolute Gasteiger partial charge is 0.340 e. The van der Waals surface area contributed by atoms with Gasteiger partial charge in [0.2, 0.25) is 11.9 Å². The van der Waals surface area contributed by atoms with E-state index in [9.17, 15) is 14.4 Å². The summed E-state index contributed by atoms with van der Waals surface area (Å²) >= 11 is 0. The molecule has 0 radical (unpaired) electrons. The number of hydrogen-bond acceptors (Lipinski definition) is 6. The normalized spacial score (nSPS) is 10.5. The SMILES string of the molecule is CCOC(=O)C(NC(=O)C=Cc1ccccc1OC)C(=O)OCC. The molecule has 1 aromatic carbocycles. The molecule has 0 spiro atoms. The Labute approximate surface area is 140 Å². The quantitative estimate of drug-likeness (QED) is 0.438. The van der Waals surface area contributed by atoms with E-state index in [0.29, 0.717) is 11.3 Å². The van der Waals surface area contributed by atoms with Crippen LogP contribution in [-0.4, -0.2) is 44.2 Å². The number of rotatable bonds is 8. The van der Waals surface area contributed by atoms with Crippen LogP contribution in [0.1, 0.15) is 19.4 Å². The minimum absolute atomic E-state index is 0.0850. The van der Waals surface area contributed by atoms with Crippen molar-refractivity contribution in [3.63, 3.8) is 0 Å². The lowest BCUT2D eigenvalue weighted by Crippen LogP contribution is -2.47. The number of amides is 1. The fourth-order valence-electron chi connectivity index (χ4n) is 1.83. The second-order valence-electron chi connectivity index (χ2n) is 4.52. The molecule has 24 heavy (non-hydrogen) atoms. The summed E-state index contributed by atoms with van der Waals surface area (Å²) in [5.41, 5.74) is 0.680. The van der Waals surface area contributed by atoms with Crippen molar-refractivity contribution in [2.24, 2.45) is 0 Å². The summed E-state index contributed by atoms with van der Waals surface area (Å²) in [5.74, 6) is -1.77. The Kier molecular flexibility index (Phi) is 8.04. The molecule has 7 nitrogen and oxygen atoms in total. The summed E-state index contributed by atoms with van der Waals surface area (Å²) < 4.78 is 14.7. The highest BCUT2D eigenvalue weighted by atomic mass is 16.6. The van der Waals surface area contributed by atoms with E-state index in [-0.39, 0.29) is 13.2 Å². The maximum atomic E-state index is 12.0. The van der Waals surface area contributed by atoms with Gasteiger partial charge in [0.25, 0.3) is 0 Å². The highest BCUT2D eigenvalue weighted by Crippen LogP contribution is 2.18. The number of esters is 2. The third-order valence-electron chi connectivity index (χ3n) is 2.88. The molecule has 1 aromatic rings. The van der Waals surface area contributed by atoms with Crippen LogP contribution < -0.4 is 10.1 Å². The maximum absolute atomic E-state index is 12.0. The van der Waals surface area contributed by atoms with Crippen LogP contribution >= 0.6 is 0 Å². The van der Waals surface area contributed by atoms with Crippen molar-refractivity contribution < 1.29 is 28.6 Å². The van der Waals surface area contributed by atoms with Gasteiger partial charge in [0, 0.05) is 11.6 Å². The highest BCUT2D eigenvalue weighted by Gasteiger charge is 2.30. The Hall–Kier alpha value is -2.83. The molecule has 0 saturated heterocycles. The van der Waals surface area contributed by atoms with Crippen LogP contribution in [0.25, 0.3) is 6.08 Å². The third-order valence-corrected chi connectivity index (χ3v) is 2.88. The molecule has 130 valence electrons. The topological polar surface area (TPSA) is 90.9 Å². The van der Waals surface area contributed by atoms with E-state index >= 15 is 0 Å². The minimum atomic E-state index is -1.50. The average molecular weight is 335 g/mol. The van der Waals surface area contributed by atoms with Crippen molar-refractivity contribution in [2.45, 2.75) is 19.9 Å². The first-order valence-electron chi connectivity index (χ1n) is 7.48. The fourth-order valence-corrected chi connectivity index (χ4v) is 1.83. The Morgan fingerprint density at radius 1 is 1.08 bits per heavy atom. The standard InChI is InChI=1S/C17H21NO6/c1-4-23-16(20)15(17(21)24-5-2)18-14(19)11-10-12-8-6-7-9-13(12)22-3/h6-11,15H,4-5H2,1-3H3,(H,18,19). The van der Waals surface area contributed by atoms with Crippen LogP contribution in [0.5, 0.6) is 5.75 Å². The number of benzene rings is 1. The van der Waals surface area contributed by atoms with E-state index in [0.717, 1.165) is 0 Å². The van der Waals surface area contributed by atoms with E-state index < -0.39 is 23.9 Å². The summed E-state index contributed by atoms with van der Waals surface area (Å²) in [5, 5.41) is 2.28. The summed E-state index contributed by atoms with van der Waals surface area (Å²) in [4.78, 5) is 35.6. The van der Waals surface area contributed by atoms with Gasteiger partial charge in [-0.25, -0.2) is 9.59 Å². The van der Waals surface area contributed by atoms with Crippen LogP contribution in [0.4, 0.5) is 0 Å². The van der Waals surface area contributed by atoms with Crippen LogP contribution in [0.15, 0.2) is 30.3 Å². The molecular weight excluding hydrogens is 314 g/mol. The predicted molar refractivity (Wildman–Crippen MR) is 87.2 cm³/mol. The van der Waals surface area contributed by atoms with Crippen molar-refractivity contribution in [3.8, 4) is 5.75 Å². The highest BCUT2D eigenvalue weighted by molar-refractivity contribution is 6.04. The predicted octanol–water partition coefficient (Wildman–Crippen LogP) is 1.32. The van der Waals surface area contributed by atoms with Crippen molar-refractivity contribution in [2.75, 3.05) is 20.3 Å². The molecule has 0 aliphatic carbocycles. The summed E-state index contributed by atoms with van der Waals surface area (Å²) in [6.45, 7) is 3.37. The molecule has 0 aromatic heterocycles. The average Bonchev–Trinajstić information content (AvgIpc) is 2.58. The van der Waals surface area contributed by atoms with Gasteiger partial charge in [0.1, 0.15) is 5.75 Å². The molecule has 7 heteroatoms. The van der Waals surface area contributed by atoms with E-state index in [1.54, 1.807) is 38.1 Å². The number of carbonyl (C=O) groups excluding carboxylic acids is 3. The zero-order chi connectivity index (χ0) is 17.9. The number of para-hydroxylation sites is 1. The van der Waals surface area contributed by atoms with Crippen molar-refractivity contribution in [1.29, 1.82) is 0 Å². The van der Waals surface area contributed by atoms with E-state index in [1.165, 1.54) is 19.3 Å². The van der Waals surface area contributed by atoms with Gasteiger partial charge >= 0.3 is 11.9 Å². The molecule has 1 N–H and O–H groups in total. The zero-order valence-electron chi connectivity index (χ0n) is 13.9. The van der Waals surface area contributed by atoms with Crippen molar-refractivity contribution in [1.82, 2.24) is 5.32 Å². The molecular formula is C17H21NO6. The van der Waals surface area contributed by atoms with Gasteiger partial charge in [-0.3, -0.25) is 4.79 Å². The third kappa shape index (κ3) is 5.75. The second kappa shape index (κ2) is 10.0. The lowest BCUT2D eigenvalue weighted by molar-refractivity contribution is -0.159. The zero-order valence-corrected chi connectivity index (χ0v) is 13.9.